The number of anilines is 1. The number of carbonyl (C=O) groups excluding carboxylic acids is 1. The first-order valence-electron chi connectivity index (χ1n) is 7.85. The number of amides is 2. The van der Waals surface area contributed by atoms with Crippen molar-refractivity contribution in [3.8, 4) is 0 Å². The molecule has 2 amide bonds. The lowest BCUT2D eigenvalue weighted by Crippen LogP contribution is -2.44. The predicted molar refractivity (Wildman–Crippen MR) is 85.3 cm³/mol. The topological polar surface area (TPSA) is 50.2 Å². The van der Waals surface area contributed by atoms with Crippen LogP contribution in [0.25, 0.3) is 0 Å². The highest BCUT2D eigenvalue weighted by Crippen LogP contribution is 2.37. The van der Waals surface area contributed by atoms with E-state index in [0.29, 0.717) is 11.3 Å². The smallest absolute Gasteiger partial charge is 0.321 e. The third kappa shape index (κ3) is 3.99. The number of nitrogens with one attached hydrogen (secondary N) is 1. The lowest BCUT2D eigenvalue weighted by atomic mass is 9.74. The Balaban J connectivity index is 1.90. The molecule has 1 N–H and O–H groups in total. The number of nitrogens with zero attached hydrogens (tertiary/aromatic N) is 3. The summed E-state index contributed by atoms with van der Waals surface area (Å²) >= 11 is 0. The van der Waals surface area contributed by atoms with Gasteiger partial charge >= 0.3 is 6.03 Å². The molecule has 0 saturated carbocycles. The molecule has 0 radical (unpaired) electrons. The average molecular weight is 292 g/mol. The van der Waals surface area contributed by atoms with Crippen LogP contribution in [0.15, 0.2) is 6.20 Å². The Bertz CT molecular complexity index is 498. The number of urea groups is 1. The van der Waals surface area contributed by atoms with Gasteiger partial charge < -0.3 is 10.2 Å². The van der Waals surface area contributed by atoms with E-state index in [2.05, 4.69) is 31.2 Å². The molecule has 0 bridgehead atoms. The van der Waals surface area contributed by atoms with E-state index in [1.807, 2.05) is 25.1 Å². The maximum Gasteiger partial charge on any atom is 0.321 e. The van der Waals surface area contributed by atoms with Gasteiger partial charge in [0.15, 0.2) is 0 Å². The summed E-state index contributed by atoms with van der Waals surface area (Å²) in [6.07, 6.45) is 5.26. The molecule has 21 heavy (non-hydrogen) atoms. The Morgan fingerprint density at radius 3 is 2.52 bits per heavy atom. The molecule has 0 aromatic carbocycles. The molecule has 0 spiro atoms. The standard InChI is InChI=1S/C16H28N4O/c1-12(2)10-16(4)6-8-20(9-7-16)15(21)17-14-11-19(5)18-13(14)3/h11-12H,6-10H2,1-5H3,(H,17,21). The van der Waals surface area contributed by atoms with Crippen LogP contribution >= 0.6 is 0 Å². The van der Waals surface area contributed by atoms with Gasteiger partial charge in [-0.1, -0.05) is 20.8 Å². The van der Waals surface area contributed by atoms with Crippen LogP contribution in [0.3, 0.4) is 0 Å². The molecule has 5 nitrogen and oxygen atoms in total. The Morgan fingerprint density at radius 2 is 2.05 bits per heavy atom. The van der Waals surface area contributed by atoms with Gasteiger partial charge in [0.2, 0.25) is 0 Å². The minimum absolute atomic E-state index is 0.00213. The van der Waals surface area contributed by atoms with Gasteiger partial charge in [-0.05, 0) is 37.5 Å². The monoisotopic (exact) mass is 292 g/mol. The lowest BCUT2D eigenvalue weighted by molar-refractivity contribution is 0.117. The molecular formula is C16H28N4O. The van der Waals surface area contributed by atoms with Crippen molar-refractivity contribution in [3.63, 3.8) is 0 Å². The zero-order chi connectivity index (χ0) is 15.6. The fourth-order valence-corrected chi connectivity index (χ4v) is 3.36. The van der Waals surface area contributed by atoms with Crippen LogP contribution in [0.5, 0.6) is 0 Å². The Labute approximate surface area is 127 Å². The van der Waals surface area contributed by atoms with Crippen LogP contribution in [0.1, 0.15) is 45.7 Å². The van der Waals surface area contributed by atoms with Crippen molar-refractivity contribution in [3.05, 3.63) is 11.9 Å². The summed E-state index contributed by atoms with van der Waals surface area (Å²) in [5, 5.41) is 7.22. The highest BCUT2D eigenvalue weighted by Gasteiger charge is 2.32. The van der Waals surface area contributed by atoms with E-state index in [1.165, 1.54) is 6.42 Å². The number of likely N-dealkylation sites (tertiary alicyclic amines) is 1. The quantitative estimate of drug-likeness (QED) is 0.928. The SMILES string of the molecule is Cc1nn(C)cc1NC(=O)N1CCC(C)(CC(C)C)CC1. The summed E-state index contributed by atoms with van der Waals surface area (Å²) in [4.78, 5) is 14.3. The first-order chi connectivity index (χ1) is 9.79. The summed E-state index contributed by atoms with van der Waals surface area (Å²) in [6, 6.07) is -0.00213. The molecule has 1 aromatic rings. The summed E-state index contributed by atoms with van der Waals surface area (Å²) < 4.78 is 1.72. The van der Waals surface area contributed by atoms with Crippen LogP contribution in [0.2, 0.25) is 0 Å². The van der Waals surface area contributed by atoms with Gasteiger partial charge in [-0.25, -0.2) is 4.79 Å². The maximum absolute atomic E-state index is 12.3. The number of hydrogen-bond donors (Lipinski definition) is 1. The second-order valence-corrected chi connectivity index (χ2v) is 7.13. The molecule has 0 unspecified atom stereocenters. The second-order valence-electron chi connectivity index (χ2n) is 7.13. The van der Waals surface area contributed by atoms with Gasteiger partial charge in [-0.3, -0.25) is 4.68 Å². The zero-order valence-electron chi connectivity index (χ0n) is 13.9. The van der Waals surface area contributed by atoms with Crippen molar-refractivity contribution in [2.45, 2.75) is 47.0 Å². The van der Waals surface area contributed by atoms with E-state index in [4.69, 9.17) is 0 Å². The largest absolute Gasteiger partial charge is 0.324 e. The Kier molecular flexibility index (Phi) is 4.59. The summed E-state index contributed by atoms with van der Waals surface area (Å²) in [7, 11) is 1.86. The molecule has 1 saturated heterocycles. The van der Waals surface area contributed by atoms with E-state index in [1.54, 1.807) is 4.68 Å². The predicted octanol–water partition coefficient (Wildman–Crippen LogP) is 3.41. The van der Waals surface area contributed by atoms with Gasteiger partial charge in [0.25, 0.3) is 0 Å². The second kappa shape index (κ2) is 6.08. The molecular weight excluding hydrogens is 264 g/mol. The van der Waals surface area contributed by atoms with Gasteiger partial charge in [0, 0.05) is 26.3 Å². The van der Waals surface area contributed by atoms with E-state index in [0.717, 1.165) is 37.3 Å². The Morgan fingerprint density at radius 1 is 1.43 bits per heavy atom. The number of aryl methyl sites for hydroxylation is 2. The van der Waals surface area contributed by atoms with Gasteiger partial charge in [-0.2, -0.15) is 5.10 Å². The van der Waals surface area contributed by atoms with Crippen molar-refractivity contribution in [2.24, 2.45) is 18.4 Å². The molecule has 1 aliphatic heterocycles. The molecule has 2 heterocycles. The van der Waals surface area contributed by atoms with Gasteiger partial charge in [-0.15, -0.1) is 0 Å². The van der Waals surface area contributed by atoms with Crippen LogP contribution in [-0.4, -0.2) is 33.8 Å². The molecule has 0 atom stereocenters. The summed E-state index contributed by atoms with van der Waals surface area (Å²) in [5.41, 5.74) is 2.04. The first kappa shape index (κ1) is 15.9. The lowest BCUT2D eigenvalue weighted by Gasteiger charge is -2.40. The number of rotatable bonds is 3. The molecule has 0 aliphatic carbocycles. The fraction of sp³-hybridized carbons (Fsp3) is 0.750. The minimum Gasteiger partial charge on any atom is -0.324 e. The summed E-state index contributed by atoms with van der Waals surface area (Å²) in [5.74, 6) is 0.716. The maximum atomic E-state index is 12.3. The van der Waals surface area contributed by atoms with Crippen LogP contribution in [-0.2, 0) is 7.05 Å². The van der Waals surface area contributed by atoms with Crippen molar-refractivity contribution in [2.75, 3.05) is 18.4 Å². The van der Waals surface area contributed by atoms with Crippen LogP contribution < -0.4 is 5.32 Å². The van der Waals surface area contributed by atoms with Crippen molar-refractivity contribution < 1.29 is 4.79 Å². The van der Waals surface area contributed by atoms with E-state index in [-0.39, 0.29) is 6.03 Å². The van der Waals surface area contributed by atoms with E-state index < -0.39 is 0 Å². The van der Waals surface area contributed by atoms with Gasteiger partial charge in [0.1, 0.15) is 0 Å². The third-order valence-electron chi connectivity index (χ3n) is 4.41. The normalized spacial score (nSPS) is 18.1. The van der Waals surface area contributed by atoms with Crippen LogP contribution in [0, 0.1) is 18.3 Å². The molecule has 1 aliphatic rings. The molecule has 5 heteroatoms. The van der Waals surface area contributed by atoms with Crippen molar-refractivity contribution in [1.82, 2.24) is 14.7 Å². The highest BCUT2D eigenvalue weighted by molar-refractivity contribution is 5.89. The zero-order valence-corrected chi connectivity index (χ0v) is 13.9. The fourth-order valence-electron chi connectivity index (χ4n) is 3.36. The third-order valence-corrected chi connectivity index (χ3v) is 4.41. The number of piperidine rings is 1. The average Bonchev–Trinajstić information content (AvgIpc) is 2.67. The first-order valence-corrected chi connectivity index (χ1v) is 7.85. The molecule has 1 aromatic heterocycles. The molecule has 2 rings (SSSR count). The summed E-state index contributed by atoms with van der Waals surface area (Å²) in [6.45, 7) is 10.5. The van der Waals surface area contributed by atoms with Crippen molar-refractivity contribution >= 4 is 11.7 Å². The van der Waals surface area contributed by atoms with Gasteiger partial charge in [0.05, 0.1) is 11.4 Å². The number of hydrogen-bond acceptors (Lipinski definition) is 2. The Hall–Kier alpha value is -1.52. The van der Waals surface area contributed by atoms with Crippen molar-refractivity contribution in [1.29, 1.82) is 0 Å². The van der Waals surface area contributed by atoms with E-state index >= 15 is 0 Å². The van der Waals surface area contributed by atoms with Crippen LogP contribution in [0.4, 0.5) is 10.5 Å². The number of carbonyl (C=O) groups is 1. The number of aromatic nitrogens is 2. The van der Waals surface area contributed by atoms with E-state index in [9.17, 15) is 4.79 Å². The minimum atomic E-state index is -0.00213. The highest BCUT2D eigenvalue weighted by atomic mass is 16.2. The molecule has 118 valence electrons. The molecule has 1 fully saturated rings.